The summed E-state index contributed by atoms with van der Waals surface area (Å²) in [6, 6.07) is 0. The van der Waals surface area contributed by atoms with Gasteiger partial charge in [0.2, 0.25) is 0 Å². The van der Waals surface area contributed by atoms with Crippen LogP contribution in [0.3, 0.4) is 0 Å². The molecule has 0 aromatic rings. The van der Waals surface area contributed by atoms with Crippen LogP contribution in [0.5, 0.6) is 0 Å². The Morgan fingerprint density at radius 1 is 0.522 bits per heavy atom. The fourth-order valence-corrected chi connectivity index (χ4v) is 6.17. The molecule has 0 aromatic carbocycles. The minimum absolute atomic E-state index is 0.0440. The SMILES string of the molecule is CCS(=O)(=O)OS(=O)(=O)CCCCCS(=O)(=O)OS(=O)(=O)CC. The molecule has 0 amide bonds. The maximum atomic E-state index is 11.4. The van der Waals surface area contributed by atoms with Crippen LogP contribution in [-0.2, 0) is 47.7 Å². The molecule has 0 bridgehead atoms. The highest BCUT2D eigenvalue weighted by molar-refractivity contribution is 8.00. The van der Waals surface area contributed by atoms with Gasteiger partial charge in [0.15, 0.2) is 0 Å². The van der Waals surface area contributed by atoms with Crippen molar-refractivity contribution in [2.45, 2.75) is 33.1 Å². The first-order valence-electron chi connectivity index (χ1n) is 6.57. The number of hydrogen-bond acceptors (Lipinski definition) is 10. The number of unbranched alkanes of at least 4 members (excludes halogenated alkanes) is 2. The molecule has 0 rings (SSSR count). The third kappa shape index (κ3) is 11.0. The van der Waals surface area contributed by atoms with Gasteiger partial charge in [-0.1, -0.05) is 6.42 Å². The predicted octanol–water partition coefficient (Wildman–Crippen LogP) is -0.451. The summed E-state index contributed by atoms with van der Waals surface area (Å²) in [7, 11) is -16.8. The van der Waals surface area contributed by atoms with Crippen molar-refractivity contribution in [3.05, 3.63) is 0 Å². The second kappa shape index (κ2) is 8.71. The highest BCUT2D eigenvalue weighted by atomic mass is 32.3. The smallest absolute Gasteiger partial charge is 0.198 e. The molecule has 140 valence electrons. The monoisotopic (exact) mass is 416 g/mol. The number of hydrogen-bond donors (Lipinski definition) is 0. The minimum atomic E-state index is -4.26. The average Bonchev–Trinajstić information content (AvgIpc) is 2.35. The van der Waals surface area contributed by atoms with Crippen molar-refractivity contribution in [2.75, 3.05) is 23.0 Å². The van der Waals surface area contributed by atoms with Gasteiger partial charge in [0.1, 0.15) is 0 Å². The molecule has 0 saturated heterocycles. The Kier molecular flexibility index (Phi) is 8.60. The molecular formula is C9H20O10S4. The van der Waals surface area contributed by atoms with E-state index in [9.17, 15) is 33.7 Å². The highest BCUT2D eigenvalue weighted by Crippen LogP contribution is 2.09. The lowest BCUT2D eigenvalue weighted by Crippen LogP contribution is -2.19. The van der Waals surface area contributed by atoms with Crippen LogP contribution in [0.4, 0.5) is 0 Å². The summed E-state index contributed by atoms with van der Waals surface area (Å²) in [6.07, 6.45) is 0.0127. The van der Waals surface area contributed by atoms with Gasteiger partial charge < -0.3 is 0 Å². The third-order valence-electron chi connectivity index (χ3n) is 2.41. The molecule has 0 fully saturated rings. The predicted molar refractivity (Wildman–Crippen MR) is 82.5 cm³/mol. The maximum Gasteiger partial charge on any atom is 0.281 e. The van der Waals surface area contributed by atoms with Crippen LogP contribution in [0.2, 0.25) is 0 Å². The van der Waals surface area contributed by atoms with Crippen molar-refractivity contribution >= 4 is 40.5 Å². The van der Waals surface area contributed by atoms with Gasteiger partial charge in [-0.15, -0.1) is 7.26 Å². The molecule has 0 spiro atoms. The summed E-state index contributed by atoms with van der Waals surface area (Å²) in [4.78, 5) is 0. The van der Waals surface area contributed by atoms with E-state index in [0.29, 0.717) is 0 Å². The molecule has 10 nitrogen and oxygen atoms in total. The van der Waals surface area contributed by atoms with E-state index in [-0.39, 0.29) is 19.3 Å². The molecule has 0 heterocycles. The third-order valence-corrected chi connectivity index (χ3v) is 8.72. The molecule has 0 saturated carbocycles. The van der Waals surface area contributed by atoms with Crippen molar-refractivity contribution in [3.8, 4) is 0 Å². The Morgan fingerprint density at radius 3 is 1.09 bits per heavy atom. The highest BCUT2D eigenvalue weighted by Gasteiger charge is 2.22. The lowest BCUT2D eigenvalue weighted by molar-refractivity contribution is 0.460. The zero-order valence-electron chi connectivity index (χ0n) is 12.7. The van der Waals surface area contributed by atoms with Crippen molar-refractivity contribution in [3.63, 3.8) is 0 Å². The van der Waals surface area contributed by atoms with Gasteiger partial charge >= 0.3 is 0 Å². The Morgan fingerprint density at radius 2 is 0.826 bits per heavy atom. The zero-order chi connectivity index (χ0) is 18.4. The first-order valence-corrected chi connectivity index (χ1v) is 12.9. The van der Waals surface area contributed by atoms with E-state index in [1.807, 2.05) is 0 Å². The molecule has 0 atom stereocenters. The van der Waals surface area contributed by atoms with Crippen molar-refractivity contribution in [1.82, 2.24) is 0 Å². The Hall–Kier alpha value is -0.280. The summed E-state index contributed by atoms with van der Waals surface area (Å²) in [6.45, 7) is 2.44. The van der Waals surface area contributed by atoms with E-state index in [2.05, 4.69) is 7.26 Å². The minimum Gasteiger partial charge on any atom is -0.198 e. The van der Waals surface area contributed by atoms with Crippen LogP contribution in [0, 0.1) is 0 Å². The average molecular weight is 417 g/mol. The Labute approximate surface area is 137 Å². The van der Waals surface area contributed by atoms with Gasteiger partial charge in [0, 0.05) is 0 Å². The van der Waals surface area contributed by atoms with Crippen LogP contribution in [0.1, 0.15) is 33.1 Å². The summed E-state index contributed by atoms with van der Waals surface area (Å²) in [5.74, 6) is -2.18. The van der Waals surface area contributed by atoms with Gasteiger partial charge in [0.25, 0.3) is 40.5 Å². The maximum absolute atomic E-state index is 11.4. The quantitative estimate of drug-likeness (QED) is 0.382. The summed E-state index contributed by atoms with van der Waals surface area (Å²) < 4.78 is 97.7. The summed E-state index contributed by atoms with van der Waals surface area (Å²) >= 11 is 0. The molecular weight excluding hydrogens is 396 g/mol. The fraction of sp³-hybridized carbons (Fsp3) is 1.00. The summed E-state index contributed by atoms with van der Waals surface area (Å²) in [5, 5.41) is 0. The van der Waals surface area contributed by atoms with Crippen molar-refractivity contribution in [2.24, 2.45) is 0 Å². The van der Waals surface area contributed by atoms with Crippen molar-refractivity contribution in [1.29, 1.82) is 0 Å². The van der Waals surface area contributed by atoms with E-state index >= 15 is 0 Å². The van der Waals surface area contributed by atoms with Crippen LogP contribution < -0.4 is 0 Å². The van der Waals surface area contributed by atoms with Crippen molar-refractivity contribution < 1.29 is 40.9 Å². The van der Waals surface area contributed by atoms with Gasteiger partial charge in [-0.2, -0.15) is 33.7 Å². The molecule has 0 aromatic heterocycles. The van der Waals surface area contributed by atoms with Crippen LogP contribution >= 0.6 is 0 Å². The lowest BCUT2D eigenvalue weighted by atomic mass is 10.3. The van der Waals surface area contributed by atoms with E-state index in [4.69, 9.17) is 0 Å². The molecule has 0 aliphatic heterocycles. The van der Waals surface area contributed by atoms with Gasteiger partial charge in [-0.05, 0) is 26.7 Å². The normalized spacial score (nSPS) is 14.0. The topological polar surface area (TPSA) is 155 Å². The second-order valence-electron chi connectivity index (χ2n) is 4.41. The first kappa shape index (κ1) is 22.7. The number of rotatable bonds is 12. The van der Waals surface area contributed by atoms with E-state index in [1.54, 1.807) is 0 Å². The molecule has 0 N–H and O–H groups in total. The fourth-order valence-electron chi connectivity index (χ4n) is 1.21. The molecule has 0 radical (unpaired) electrons. The van der Waals surface area contributed by atoms with Crippen LogP contribution in [-0.4, -0.2) is 56.7 Å². The molecule has 0 unspecified atom stereocenters. The molecule has 14 heteroatoms. The van der Waals surface area contributed by atoms with E-state index in [0.717, 1.165) is 0 Å². The van der Waals surface area contributed by atoms with E-state index < -0.39 is 63.5 Å². The molecule has 0 aliphatic carbocycles. The standard InChI is InChI=1S/C9H20O10S4/c1-3-20(10,11)18-22(14,15)8-6-5-7-9-23(16,17)19-21(12,13)4-2/h3-9H2,1-2H3. The Bertz CT molecular complexity index is 705. The Balaban J connectivity index is 4.29. The zero-order valence-corrected chi connectivity index (χ0v) is 15.9. The first-order chi connectivity index (χ1) is 10.2. The van der Waals surface area contributed by atoms with Gasteiger partial charge in [0.05, 0.1) is 23.0 Å². The summed E-state index contributed by atoms with van der Waals surface area (Å²) in [5.41, 5.74) is 0. The largest absolute Gasteiger partial charge is 0.281 e. The van der Waals surface area contributed by atoms with Gasteiger partial charge in [-0.3, -0.25) is 0 Å². The molecule has 23 heavy (non-hydrogen) atoms. The van der Waals surface area contributed by atoms with E-state index in [1.165, 1.54) is 13.8 Å². The lowest BCUT2D eigenvalue weighted by Gasteiger charge is -2.06. The second-order valence-corrected chi connectivity index (χ2v) is 11.9. The van der Waals surface area contributed by atoms with Crippen LogP contribution in [0.15, 0.2) is 0 Å². The molecule has 0 aliphatic rings. The van der Waals surface area contributed by atoms with Gasteiger partial charge in [-0.25, -0.2) is 0 Å². The van der Waals surface area contributed by atoms with Crippen LogP contribution in [0.25, 0.3) is 0 Å².